The van der Waals surface area contributed by atoms with Gasteiger partial charge in [-0.15, -0.1) is 0 Å². The van der Waals surface area contributed by atoms with Crippen molar-refractivity contribution >= 4 is 17.0 Å². The van der Waals surface area contributed by atoms with Gasteiger partial charge in [-0.05, 0) is 31.4 Å². The molecule has 5 heteroatoms. The predicted octanol–water partition coefficient (Wildman–Crippen LogP) is 2.54. The maximum atomic E-state index is 13.6. The first-order chi connectivity index (χ1) is 9.08. The number of benzene rings is 1. The summed E-state index contributed by atoms with van der Waals surface area (Å²) in [5.41, 5.74) is 7.90. The lowest BCUT2D eigenvalue weighted by molar-refractivity contribution is 0.0783. The van der Waals surface area contributed by atoms with Crippen molar-refractivity contribution in [2.24, 2.45) is 0 Å². The number of nitrogens with two attached hydrogens (primary N) is 1. The van der Waals surface area contributed by atoms with Gasteiger partial charge in [-0.3, -0.25) is 0 Å². The zero-order valence-electron chi connectivity index (χ0n) is 10.9. The van der Waals surface area contributed by atoms with Crippen LogP contribution in [0, 0.1) is 12.7 Å². The monoisotopic (exact) mass is 263 g/mol. The highest BCUT2D eigenvalue weighted by molar-refractivity contribution is 5.79. The van der Waals surface area contributed by atoms with Crippen LogP contribution in [-0.4, -0.2) is 20.8 Å². The Balaban J connectivity index is 2.16. The summed E-state index contributed by atoms with van der Waals surface area (Å²) in [6.45, 7) is 1.72. The van der Waals surface area contributed by atoms with Gasteiger partial charge in [0, 0.05) is 6.07 Å². The number of hydrogen-bond donors (Lipinski definition) is 2. The van der Waals surface area contributed by atoms with Gasteiger partial charge in [-0.25, -0.2) is 9.37 Å². The minimum Gasteiger partial charge on any atom is -0.391 e. The van der Waals surface area contributed by atoms with Gasteiger partial charge >= 0.3 is 0 Å². The van der Waals surface area contributed by atoms with Gasteiger partial charge in [0.2, 0.25) is 5.95 Å². The number of anilines is 1. The molecule has 3 N–H and O–H groups in total. The normalized spacial score (nSPS) is 23.9. The molecule has 2 unspecified atom stereocenters. The van der Waals surface area contributed by atoms with Crippen LogP contribution in [0.4, 0.5) is 10.3 Å². The molecule has 1 aliphatic rings. The number of hydrogen-bond acceptors (Lipinski definition) is 3. The van der Waals surface area contributed by atoms with E-state index in [9.17, 15) is 9.50 Å². The quantitative estimate of drug-likeness (QED) is 0.831. The van der Waals surface area contributed by atoms with Crippen molar-refractivity contribution in [2.75, 3.05) is 5.73 Å². The fourth-order valence-electron chi connectivity index (χ4n) is 2.98. The summed E-state index contributed by atoms with van der Waals surface area (Å²) < 4.78 is 15.4. The number of aliphatic hydroxyl groups is 1. The van der Waals surface area contributed by atoms with E-state index in [0.717, 1.165) is 31.2 Å². The number of imidazole rings is 1. The van der Waals surface area contributed by atoms with E-state index >= 15 is 0 Å². The van der Waals surface area contributed by atoms with Gasteiger partial charge in [-0.1, -0.05) is 12.8 Å². The molecule has 0 spiro atoms. The lowest BCUT2D eigenvalue weighted by Crippen LogP contribution is -2.28. The number of rotatable bonds is 1. The molecular formula is C14H18FN3O. The van der Waals surface area contributed by atoms with Gasteiger partial charge in [-0.2, -0.15) is 0 Å². The first-order valence-electron chi connectivity index (χ1n) is 6.69. The second-order valence-electron chi connectivity index (χ2n) is 5.35. The Bertz CT molecular complexity index is 623. The second-order valence-corrected chi connectivity index (χ2v) is 5.35. The molecule has 0 radical (unpaired) electrons. The van der Waals surface area contributed by atoms with Crippen molar-refractivity contribution in [3.05, 3.63) is 23.5 Å². The van der Waals surface area contributed by atoms with Crippen LogP contribution in [0.15, 0.2) is 12.1 Å². The highest BCUT2D eigenvalue weighted by atomic mass is 19.1. The molecule has 0 saturated heterocycles. The second kappa shape index (κ2) is 4.49. The molecule has 102 valence electrons. The number of aliphatic hydroxyl groups excluding tert-OH is 1. The Labute approximate surface area is 111 Å². The zero-order valence-corrected chi connectivity index (χ0v) is 10.9. The Morgan fingerprint density at radius 3 is 2.84 bits per heavy atom. The molecule has 0 bridgehead atoms. The fourth-order valence-corrected chi connectivity index (χ4v) is 2.98. The minimum atomic E-state index is -0.404. The maximum absolute atomic E-state index is 13.6. The van der Waals surface area contributed by atoms with Crippen molar-refractivity contribution in [1.82, 2.24) is 9.55 Å². The molecule has 3 rings (SSSR count). The SMILES string of the molecule is Cc1cc2c(cc1F)nc(N)n2C1CCCCC1O. The van der Waals surface area contributed by atoms with Crippen molar-refractivity contribution in [3.8, 4) is 0 Å². The molecule has 1 fully saturated rings. The first kappa shape index (κ1) is 12.4. The summed E-state index contributed by atoms with van der Waals surface area (Å²) in [6.07, 6.45) is 3.37. The Kier molecular flexibility index (Phi) is 2.93. The third-order valence-corrected chi connectivity index (χ3v) is 4.02. The molecule has 19 heavy (non-hydrogen) atoms. The van der Waals surface area contributed by atoms with Crippen molar-refractivity contribution in [3.63, 3.8) is 0 Å². The summed E-state index contributed by atoms with van der Waals surface area (Å²) in [6, 6.07) is 3.12. The van der Waals surface area contributed by atoms with Crippen LogP contribution in [0.5, 0.6) is 0 Å². The van der Waals surface area contributed by atoms with Gasteiger partial charge in [0.1, 0.15) is 5.82 Å². The van der Waals surface area contributed by atoms with E-state index in [4.69, 9.17) is 5.73 Å². The Morgan fingerprint density at radius 1 is 1.37 bits per heavy atom. The van der Waals surface area contributed by atoms with E-state index in [2.05, 4.69) is 4.98 Å². The lowest BCUT2D eigenvalue weighted by Gasteiger charge is -2.29. The van der Waals surface area contributed by atoms with Gasteiger partial charge < -0.3 is 15.4 Å². The van der Waals surface area contributed by atoms with Crippen LogP contribution in [-0.2, 0) is 0 Å². The number of aromatic nitrogens is 2. The lowest BCUT2D eigenvalue weighted by atomic mass is 9.92. The molecule has 1 saturated carbocycles. The van der Waals surface area contributed by atoms with Crippen molar-refractivity contribution in [1.29, 1.82) is 0 Å². The summed E-state index contributed by atoms with van der Waals surface area (Å²) in [7, 11) is 0. The van der Waals surface area contributed by atoms with E-state index in [-0.39, 0.29) is 11.9 Å². The highest BCUT2D eigenvalue weighted by Gasteiger charge is 2.27. The van der Waals surface area contributed by atoms with Crippen LogP contribution in [0.3, 0.4) is 0 Å². The molecule has 4 nitrogen and oxygen atoms in total. The first-order valence-corrected chi connectivity index (χ1v) is 6.69. The zero-order chi connectivity index (χ0) is 13.6. The van der Waals surface area contributed by atoms with Crippen LogP contribution in [0.25, 0.3) is 11.0 Å². The molecule has 0 aliphatic heterocycles. The van der Waals surface area contributed by atoms with Gasteiger partial charge in [0.15, 0.2) is 0 Å². The summed E-state index contributed by atoms with van der Waals surface area (Å²) >= 11 is 0. The minimum absolute atomic E-state index is 0.0522. The number of aryl methyl sites for hydroxylation is 1. The molecule has 2 atom stereocenters. The maximum Gasteiger partial charge on any atom is 0.201 e. The van der Waals surface area contributed by atoms with Crippen molar-refractivity contribution < 1.29 is 9.50 Å². The summed E-state index contributed by atoms with van der Waals surface area (Å²) in [5, 5.41) is 10.2. The van der Waals surface area contributed by atoms with E-state index in [1.54, 1.807) is 13.0 Å². The van der Waals surface area contributed by atoms with Crippen LogP contribution in [0.2, 0.25) is 0 Å². The smallest absolute Gasteiger partial charge is 0.201 e. The molecule has 2 aromatic rings. The topological polar surface area (TPSA) is 64.1 Å². The number of fused-ring (bicyclic) bond motifs is 1. The molecule has 0 amide bonds. The Hall–Kier alpha value is -1.62. The third kappa shape index (κ3) is 1.98. The number of nitrogens with zero attached hydrogens (tertiary/aromatic N) is 2. The Morgan fingerprint density at radius 2 is 2.11 bits per heavy atom. The van der Waals surface area contributed by atoms with Gasteiger partial charge in [0.05, 0.1) is 23.2 Å². The highest BCUT2D eigenvalue weighted by Crippen LogP contribution is 2.34. The van der Waals surface area contributed by atoms with E-state index in [1.807, 2.05) is 4.57 Å². The number of nitrogen functional groups attached to an aromatic ring is 1. The average Bonchev–Trinajstić information content (AvgIpc) is 2.66. The molecular weight excluding hydrogens is 245 g/mol. The van der Waals surface area contributed by atoms with E-state index in [1.165, 1.54) is 6.07 Å². The third-order valence-electron chi connectivity index (χ3n) is 4.02. The fraction of sp³-hybridized carbons (Fsp3) is 0.500. The standard InChI is InChI=1S/C14H18FN3O/c1-8-6-12-10(7-9(8)15)17-14(16)18(12)11-4-2-3-5-13(11)19/h6-7,11,13,19H,2-5H2,1H3,(H2,16,17). The molecule has 1 aliphatic carbocycles. The molecule has 1 aromatic carbocycles. The van der Waals surface area contributed by atoms with Crippen molar-refractivity contribution in [2.45, 2.75) is 44.8 Å². The van der Waals surface area contributed by atoms with Crippen LogP contribution < -0.4 is 5.73 Å². The van der Waals surface area contributed by atoms with E-state index in [0.29, 0.717) is 17.0 Å². The van der Waals surface area contributed by atoms with Crippen LogP contribution >= 0.6 is 0 Å². The molecule has 1 aromatic heterocycles. The summed E-state index contributed by atoms with van der Waals surface area (Å²) in [5.74, 6) is 0.0762. The molecule has 1 heterocycles. The number of halogens is 1. The van der Waals surface area contributed by atoms with Gasteiger partial charge in [0.25, 0.3) is 0 Å². The predicted molar refractivity (Wildman–Crippen MR) is 72.4 cm³/mol. The average molecular weight is 263 g/mol. The van der Waals surface area contributed by atoms with Crippen LogP contribution in [0.1, 0.15) is 37.3 Å². The largest absolute Gasteiger partial charge is 0.391 e. The van der Waals surface area contributed by atoms with E-state index < -0.39 is 6.10 Å². The summed E-state index contributed by atoms with van der Waals surface area (Å²) in [4.78, 5) is 4.21.